The van der Waals surface area contributed by atoms with E-state index in [9.17, 15) is 5.11 Å². The van der Waals surface area contributed by atoms with E-state index in [4.69, 9.17) is 16.6 Å². The normalized spacial score (nSPS) is 19.3. The second kappa shape index (κ2) is 6.89. The number of aromatic nitrogens is 4. The number of hydrogen-bond acceptors (Lipinski definition) is 5. The van der Waals surface area contributed by atoms with Gasteiger partial charge >= 0.3 is 0 Å². The van der Waals surface area contributed by atoms with Gasteiger partial charge < -0.3 is 10.4 Å². The molecular formula is C21H18ClN5O. The van der Waals surface area contributed by atoms with Crippen LogP contribution < -0.4 is 5.32 Å². The van der Waals surface area contributed by atoms with E-state index in [1.807, 2.05) is 48.7 Å². The molecule has 1 aliphatic heterocycles. The Bertz CT molecular complexity index is 1140. The summed E-state index contributed by atoms with van der Waals surface area (Å²) in [6.45, 7) is 1.55. The first-order valence-electron chi connectivity index (χ1n) is 9.15. The van der Waals surface area contributed by atoms with Crippen molar-refractivity contribution >= 4 is 22.5 Å². The molecule has 1 saturated heterocycles. The van der Waals surface area contributed by atoms with E-state index in [0.29, 0.717) is 11.2 Å². The molecule has 2 aromatic carbocycles. The molecule has 7 heteroatoms. The van der Waals surface area contributed by atoms with E-state index in [1.54, 1.807) is 6.20 Å². The second-order valence-corrected chi connectivity index (χ2v) is 7.42. The molecular weight excluding hydrogens is 374 g/mol. The molecule has 6 nitrogen and oxygen atoms in total. The van der Waals surface area contributed by atoms with Gasteiger partial charge in [-0.3, -0.25) is 5.10 Å². The number of H-pyrrole nitrogens is 1. The summed E-state index contributed by atoms with van der Waals surface area (Å²) < 4.78 is 0. The van der Waals surface area contributed by atoms with E-state index in [1.165, 1.54) is 0 Å². The van der Waals surface area contributed by atoms with Gasteiger partial charge in [-0.1, -0.05) is 35.9 Å². The number of nitrogens with one attached hydrogen (secondary N) is 2. The lowest BCUT2D eigenvalue weighted by atomic mass is 9.88. The molecule has 5 rings (SSSR count). The maximum Gasteiger partial charge on any atom is 0.222 e. The molecule has 2 atom stereocenters. The third-order valence-corrected chi connectivity index (χ3v) is 5.72. The highest BCUT2D eigenvalue weighted by atomic mass is 35.5. The fraction of sp³-hybridized carbons (Fsp3) is 0.190. The summed E-state index contributed by atoms with van der Waals surface area (Å²) in [6.07, 6.45) is 3.55. The summed E-state index contributed by atoms with van der Waals surface area (Å²) in [5.74, 6) is 0.839. The Morgan fingerprint density at radius 3 is 2.68 bits per heavy atom. The number of benzene rings is 2. The van der Waals surface area contributed by atoms with Gasteiger partial charge in [0.05, 0.1) is 17.1 Å². The molecule has 0 saturated carbocycles. The number of hydrogen-bond donors (Lipinski definition) is 3. The minimum atomic E-state index is -0.00449. The van der Waals surface area contributed by atoms with Gasteiger partial charge in [0.25, 0.3) is 0 Å². The molecule has 0 amide bonds. The Hall–Kier alpha value is -2.96. The highest BCUT2D eigenvalue weighted by Crippen LogP contribution is 2.39. The maximum absolute atomic E-state index is 10.6. The number of aromatic hydroxyl groups is 1. The van der Waals surface area contributed by atoms with Crippen LogP contribution in [0.2, 0.25) is 5.02 Å². The molecule has 2 aromatic heterocycles. The van der Waals surface area contributed by atoms with Crippen LogP contribution in [0.4, 0.5) is 0 Å². The smallest absolute Gasteiger partial charge is 0.222 e. The van der Waals surface area contributed by atoms with Gasteiger partial charge in [0, 0.05) is 41.7 Å². The predicted octanol–water partition coefficient (Wildman–Crippen LogP) is 3.85. The zero-order chi connectivity index (χ0) is 19.1. The van der Waals surface area contributed by atoms with Crippen LogP contribution in [0, 0.1) is 0 Å². The number of aromatic amines is 1. The number of fused-ring (bicyclic) bond motifs is 1. The second-order valence-electron chi connectivity index (χ2n) is 7.02. The first-order chi connectivity index (χ1) is 13.7. The van der Waals surface area contributed by atoms with Crippen LogP contribution in [0.15, 0.2) is 54.9 Å². The molecule has 1 fully saturated rings. The van der Waals surface area contributed by atoms with Crippen LogP contribution in [0.25, 0.3) is 22.0 Å². The summed E-state index contributed by atoms with van der Waals surface area (Å²) in [5, 5.41) is 22.2. The zero-order valence-electron chi connectivity index (χ0n) is 14.9. The summed E-state index contributed by atoms with van der Waals surface area (Å²) in [4.78, 5) is 9.22. The SMILES string of the molecule is Oc1nc([C@H]2CNC[C@@H]2c2ccccc2Cl)nc2ccc(-c3cn[nH]c3)cc12. The summed E-state index contributed by atoms with van der Waals surface area (Å²) in [6, 6.07) is 13.6. The monoisotopic (exact) mass is 391 g/mol. The molecule has 1 aliphatic rings. The minimum absolute atomic E-state index is 0.00449. The van der Waals surface area contributed by atoms with Crippen molar-refractivity contribution in [3.63, 3.8) is 0 Å². The van der Waals surface area contributed by atoms with E-state index < -0.39 is 0 Å². The fourth-order valence-corrected chi connectivity index (χ4v) is 4.21. The van der Waals surface area contributed by atoms with Gasteiger partial charge in [-0.15, -0.1) is 0 Å². The van der Waals surface area contributed by atoms with Gasteiger partial charge in [0.15, 0.2) is 0 Å². The Balaban J connectivity index is 1.56. The first kappa shape index (κ1) is 17.2. The van der Waals surface area contributed by atoms with Gasteiger partial charge in [0.1, 0.15) is 5.82 Å². The highest BCUT2D eigenvalue weighted by molar-refractivity contribution is 6.31. The number of rotatable bonds is 3. The molecule has 0 radical (unpaired) electrons. The first-order valence-corrected chi connectivity index (χ1v) is 9.53. The van der Waals surface area contributed by atoms with Crippen LogP contribution in [0.5, 0.6) is 5.88 Å². The van der Waals surface area contributed by atoms with Crippen LogP contribution in [-0.2, 0) is 0 Å². The lowest BCUT2D eigenvalue weighted by Gasteiger charge is -2.19. The van der Waals surface area contributed by atoms with E-state index in [2.05, 4.69) is 20.5 Å². The quantitative estimate of drug-likeness (QED) is 0.493. The highest BCUT2D eigenvalue weighted by Gasteiger charge is 2.33. The Morgan fingerprint density at radius 2 is 1.86 bits per heavy atom. The van der Waals surface area contributed by atoms with Gasteiger partial charge in [-0.25, -0.2) is 4.98 Å². The largest absolute Gasteiger partial charge is 0.493 e. The Morgan fingerprint density at radius 1 is 1.00 bits per heavy atom. The molecule has 3 heterocycles. The van der Waals surface area contributed by atoms with Crippen LogP contribution in [0.1, 0.15) is 23.2 Å². The van der Waals surface area contributed by atoms with Crippen molar-refractivity contribution in [2.45, 2.75) is 11.8 Å². The third-order valence-electron chi connectivity index (χ3n) is 5.38. The number of nitrogens with zero attached hydrogens (tertiary/aromatic N) is 3. The molecule has 140 valence electrons. The lowest BCUT2D eigenvalue weighted by molar-refractivity contribution is 0.452. The summed E-state index contributed by atoms with van der Waals surface area (Å²) >= 11 is 6.42. The van der Waals surface area contributed by atoms with E-state index in [0.717, 1.165) is 40.3 Å². The van der Waals surface area contributed by atoms with Gasteiger partial charge in [-0.2, -0.15) is 10.1 Å². The lowest BCUT2D eigenvalue weighted by Crippen LogP contribution is -2.13. The van der Waals surface area contributed by atoms with Crippen LogP contribution >= 0.6 is 11.6 Å². The van der Waals surface area contributed by atoms with Crippen molar-refractivity contribution in [2.24, 2.45) is 0 Å². The summed E-state index contributed by atoms with van der Waals surface area (Å²) in [5.41, 5.74) is 3.70. The van der Waals surface area contributed by atoms with Crippen LogP contribution in [0.3, 0.4) is 0 Å². The molecule has 0 unspecified atom stereocenters. The maximum atomic E-state index is 10.6. The standard InChI is InChI=1S/C21H18ClN5O/c22-18-4-2-1-3-14(18)16-10-23-11-17(16)20-26-19-6-5-12(13-8-24-25-9-13)7-15(19)21(28)27-20/h1-9,16-17,23H,10-11H2,(H,24,25)(H,26,27,28)/t16-,17+/m1/s1. The Labute approximate surface area is 166 Å². The third kappa shape index (κ3) is 2.91. The minimum Gasteiger partial charge on any atom is -0.493 e. The molecule has 4 aromatic rings. The molecule has 0 spiro atoms. The average molecular weight is 392 g/mol. The van der Waals surface area contributed by atoms with Crippen molar-refractivity contribution in [3.8, 4) is 17.0 Å². The molecule has 28 heavy (non-hydrogen) atoms. The van der Waals surface area contributed by atoms with Gasteiger partial charge in [0.2, 0.25) is 5.88 Å². The van der Waals surface area contributed by atoms with Crippen molar-refractivity contribution in [1.29, 1.82) is 0 Å². The molecule has 3 N–H and O–H groups in total. The topological polar surface area (TPSA) is 86.7 Å². The zero-order valence-corrected chi connectivity index (χ0v) is 15.7. The van der Waals surface area contributed by atoms with E-state index in [-0.39, 0.29) is 17.7 Å². The Kier molecular flexibility index (Phi) is 4.22. The molecule has 0 bridgehead atoms. The summed E-state index contributed by atoms with van der Waals surface area (Å²) in [7, 11) is 0. The van der Waals surface area contributed by atoms with E-state index >= 15 is 0 Å². The fourth-order valence-electron chi connectivity index (χ4n) is 3.94. The van der Waals surface area contributed by atoms with Gasteiger partial charge in [-0.05, 0) is 29.3 Å². The van der Waals surface area contributed by atoms with Crippen molar-refractivity contribution in [2.75, 3.05) is 13.1 Å². The molecule has 0 aliphatic carbocycles. The van der Waals surface area contributed by atoms with Crippen molar-refractivity contribution in [1.82, 2.24) is 25.5 Å². The van der Waals surface area contributed by atoms with Crippen molar-refractivity contribution < 1.29 is 5.11 Å². The average Bonchev–Trinajstić information content (AvgIpc) is 3.40. The number of halogens is 1. The predicted molar refractivity (Wildman–Crippen MR) is 109 cm³/mol. The van der Waals surface area contributed by atoms with Crippen molar-refractivity contribution in [3.05, 3.63) is 71.3 Å². The van der Waals surface area contributed by atoms with Crippen LogP contribution in [-0.4, -0.2) is 38.4 Å².